The molecule has 0 aromatic heterocycles. The predicted octanol–water partition coefficient (Wildman–Crippen LogP) is 4.67. The van der Waals surface area contributed by atoms with Gasteiger partial charge in [0.2, 0.25) is 5.91 Å². The second kappa shape index (κ2) is 10.1. The van der Waals surface area contributed by atoms with Crippen molar-refractivity contribution in [1.82, 2.24) is 0 Å². The van der Waals surface area contributed by atoms with Crippen molar-refractivity contribution in [3.8, 4) is 17.2 Å². The second-order valence-corrected chi connectivity index (χ2v) is 7.79. The summed E-state index contributed by atoms with van der Waals surface area (Å²) in [6.07, 6.45) is 2.54. The number of carbonyl (C=O) groups excluding carboxylic acids is 2. The number of carbonyl (C=O) groups is 2. The number of hydrogen-bond acceptors (Lipinski definition) is 5. The average Bonchev–Trinajstić information content (AvgIpc) is 2.86. The highest BCUT2D eigenvalue weighted by molar-refractivity contribution is 6.04. The van der Waals surface area contributed by atoms with Crippen LogP contribution in [0, 0.1) is 0 Å². The average molecular weight is 459 g/mol. The van der Waals surface area contributed by atoms with Gasteiger partial charge in [-0.2, -0.15) is 0 Å². The molecule has 0 spiro atoms. The molecule has 0 aliphatic carbocycles. The molecule has 0 bridgehead atoms. The van der Waals surface area contributed by atoms with Gasteiger partial charge in [-0.25, -0.2) is 0 Å². The number of amides is 2. The lowest BCUT2D eigenvalue weighted by molar-refractivity contribution is -0.125. The molecule has 1 atom stereocenters. The summed E-state index contributed by atoms with van der Waals surface area (Å²) < 4.78 is 16.3. The molecule has 1 N–H and O–H groups in total. The Balaban J connectivity index is 1.52. The van der Waals surface area contributed by atoms with Crippen LogP contribution in [0.5, 0.6) is 17.2 Å². The van der Waals surface area contributed by atoms with Gasteiger partial charge in [-0.1, -0.05) is 36.4 Å². The number of nitrogens with one attached hydrogen (secondary N) is 1. The molecule has 0 fully saturated rings. The number of methoxy groups -OCH3 is 2. The van der Waals surface area contributed by atoms with Crippen LogP contribution in [-0.2, 0) is 16.1 Å². The van der Waals surface area contributed by atoms with Crippen LogP contribution in [0.2, 0.25) is 0 Å². The Labute approximate surface area is 198 Å². The molecule has 1 heterocycles. The molecule has 0 radical (unpaired) electrons. The van der Waals surface area contributed by atoms with E-state index in [1.807, 2.05) is 36.4 Å². The number of ether oxygens (including phenoxy) is 3. The van der Waals surface area contributed by atoms with Crippen molar-refractivity contribution < 1.29 is 23.8 Å². The lowest BCUT2D eigenvalue weighted by atomic mass is 10.1. The minimum absolute atomic E-state index is 0.131. The smallest absolute Gasteiger partial charge is 0.268 e. The van der Waals surface area contributed by atoms with Gasteiger partial charge in [0.05, 0.1) is 26.5 Å². The molecule has 0 saturated heterocycles. The van der Waals surface area contributed by atoms with Crippen LogP contribution in [0.1, 0.15) is 18.1 Å². The quantitative estimate of drug-likeness (QED) is 0.521. The summed E-state index contributed by atoms with van der Waals surface area (Å²) >= 11 is 0. The molecule has 1 aliphatic heterocycles. The largest absolute Gasteiger partial charge is 0.493 e. The monoisotopic (exact) mass is 458 g/mol. The molecule has 7 heteroatoms. The van der Waals surface area contributed by atoms with E-state index < -0.39 is 6.10 Å². The minimum atomic E-state index is -0.582. The normalized spacial score (nSPS) is 15.0. The van der Waals surface area contributed by atoms with Gasteiger partial charge in [-0.15, -0.1) is 0 Å². The molecule has 1 aliphatic rings. The number of anilines is 2. The fourth-order valence-corrected chi connectivity index (χ4v) is 3.73. The summed E-state index contributed by atoms with van der Waals surface area (Å²) in [5.74, 6) is 1.36. The topological polar surface area (TPSA) is 77.1 Å². The fourth-order valence-electron chi connectivity index (χ4n) is 3.73. The molecule has 4 rings (SSSR count). The van der Waals surface area contributed by atoms with Crippen LogP contribution < -0.4 is 24.4 Å². The van der Waals surface area contributed by atoms with Crippen LogP contribution in [0.3, 0.4) is 0 Å². The van der Waals surface area contributed by atoms with Gasteiger partial charge in [-0.3, -0.25) is 9.59 Å². The third-order valence-corrected chi connectivity index (χ3v) is 5.45. The summed E-state index contributed by atoms with van der Waals surface area (Å²) in [6, 6.07) is 20.4. The number of nitrogens with zero attached hydrogens (tertiary/aromatic N) is 1. The Kier molecular flexibility index (Phi) is 6.82. The van der Waals surface area contributed by atoms with Crippen molar-refractivity contribution in [2.75, 3.05) is 24.4 Å². The van der Waals surface area contributed by atoms with Gasteiger partial charge in [0, 0.05) is 11.8 Å². The third-order valence-electron chi connectivity index (χ3n) is 5.45. The standard InChI is InChI=1S/C27H26N2O5/c1-18-27(31)29(17-20-7-5-4-6-8-20)22-16-21(11-13-23(22)34-18)28-26(30)14-10-19-9-12-24(32-2)25(15-19)33-3/h4-16,18H,17H2,1-3H3,(H,28,30)/b14-10+. The van der Waals surface area contributed by atoms with E-state index in [0.717, 1.165) is 11.1 Å². The Morgan fingerprint density at radius 2 is 1.79 bits per heavy atom. The zero-order valence-corrected chi connectivity index (χ0v) is 19.3. The van der Waals surface area contributed by atoms with Crippen molar-refractivity contribution in [3.63, 3.8) is 0 Å². The summed E-state index contributed by atoms with van der Waals surface area (Å²) in [5.41, 5.74) is 2.97. The predicted molar refractivity (Wildman–Crippen MR) is 131 cm³/mol. The lowest BCUT2D eigenvalue weighted by Gasteiger charge is -2.33. The number of hydrogen-bond donors (Lipinski definition) is 1. The van der Waals surface area contributed by atoms with Gasteiger partial charge in [-0.05, 0) is 54.5 Å². The highest BCUT2D eigenvalue weighted by Gasteiger charge is 2.31. The SMILES string of the molecule is COc1ccc(/C=C/C(=O)Nc2ccc3c(c2)N(Cc2ccccc2)C(=O)C(C)O3)cc1OC. The highest BCUT2D eigenvalue weighted by Crippen LogP contribution is 2.37. The molecule has 7 nitrogen and oxygen atoms in total. The van der Waals surface area contributed by atoms with Gasteiger partial charge >= 0.3 is 0 Å². The van der Waals surface area contributed by atoms with Gasteiger partial charge in [0.15, 0.2) is 17.6 Å². The van der Waals surface area contributed by atoms with Crippen molar-refractivity contribution in [2.24, 2.45) is 0 Å². The summed E-state index contributed by atoms with van der Waals surface area (Å²) in [5, 5.41) is 2.85. The lowest BCUT2D eigenvalue weighted by Crippen LogP contribution is -2.44. The van der Waals surface area contributed by atoms with Crippen molar-refractivity contribution in [2.45, 2.75) is 19.6 Å². The fraction of sp³-hybridized carbons (Fsp3) is 0.185. The first-order valence-electron chi connectivity index (χ1n) is 10.9. The van der Waals surface area contributed by atoms with Gasteiger partial charge in [0.1, 0.15) is 5.75 Å². The molecule has 3 aromatic rings. The van der Waals surface area contributed by atoms with E-state index >= 15 is 0 Å². The van der Waals surface area contributed by atoms with E-state index in [1.165, 1.54) is 6.08 Å². The van der Waals surface area contributed by atoms with E-state index in [0.29, 0.717) is 35.2 Å². The van der Waals surface area contributed by atoms with Crippen LogP contribution in [0.15, 0.2) is 72.8 Å². The van der Waals surface area contributed by atoms with Gasteiger partial charge < -0.3 is 24.4 Å². The van der Waals surface area contributed by atoms with E-state index in [-0.39, 0.29) is 11.8 Å². The molecule has 3 aromatic carbocycles. The number of fused-ring (bicyclic) bond motifs is 1. The number of rotatable bonds is 7. The highest BCUT2D eigenvalue weighted by atomic mass is 16.5. The van der Waals surface area contributed by atoms with Crippen molar-refractivity contribution in [1.29, 1.82) is 0 Å². The molecular formula is C27H26N2O5. The maximum atomic E-state index is 12.9. The first-order chi connectivity index (χ1) is 16.5. The Hall–Kier alpha value is -4.26. The molecule has 2 amide bonds. The van der Waals surface area contributed by atoms with Crippen molar-refractivity contribution >= 4 is 29.3 Å². The first-order valence-corrected chi connectivity index (χ1v) is 10.9. The zero-order valence-electron chi connectivity index (χ0n) is 19.3. The zero-order chi connectivity index (χ0) is 24.1. The van der Waals surface area contributed by atoms with E-state index in [9.17, 15) is 9.59 Å². The van der Waals surface area contributed by atoms with E-state index in [2.05, 4.69) is 5.32 Å². The Morgan fingerprint density at radius 1 is 1.03 bits per heavy atom. The first kappa shape index (κ1) is 22.9. The van der Waals surface area contributed by atoms with E-state index in [1.54, 1.807) is 62.5 Å². The van der Waals surface area contributed by atoms with Gasteiger partial charge in [0.25, 0.3) is 5.91 Å². The van der Waals surface area contributed by atoms with Crippen LogP contribution >= 0.6 is 0 Å². The molecular weight excluding hydrogens is 432 g/mol. The summed E-state index contributed by atoms with van der Waals surface area (Å²) in [6.45, 7) is 2.15. The van der Waals surface area contributed by atoms with E-state index in [4.69, 9.17) is 14.2 Å². The third kappa shape index (κ3) is 5.04. The number of benzene rings is 3. The summed E-state index contributed by atoms with van der Waals surface area (Å²) in [7, 11) is 3.13. The van der Waals surface area contributed by atoms with Crippen LogP contribution in [-0.4, -0.2) is 32.1 Å². The molecule has 0 saturated carbocycles. The van der Waals surface area contributed by atoms with Crippen LogP contribution in [0.4, 0.5) is 11.4 Å². The summed E-state index contributed by atoms with van der Waals surface area (Å²) in [4.78, 5) is 27.1. The van der Waals surface area contributed by atoms with Crippen LogP contribution in [0.25, 0.3) is 6.08 Å². The molecule has 1 unspecified atom stereocenters. The Morgan fingerprint density at radius 3 is 2.53 bits per heavy atom. The second-order valence-electron chi connectivity index (χ2n) is 7.79. The maximum absolute atomic E-state index is 12.9. The molecule has 174 valence electrons. The maximum Gasteiger partial charge on any atom is 0.268 e. The minimum Gasteiger partial charge on any atom is -0.493 e. The van der Waals surface area contributed by atoms with Crippen molar-refractivity contribution in [3.05, 3.63) is 83.9 Å². The Bertz CT molecular complexity index is 1220. The molecule has 34 heavy (non-hydrogen) atoms.